The van der Waals surface area contributed by atoms with Crippen molar-refractivity contribution in [1.82, 2.24) is 34.6 Å². The topological polar surface area (TPSA) is 135 Å². The fraction of sp³-hybridized carbons (Fsp3) is 0.414. The molecule has 1 fully saturated rings. The van der Waals surface area contributed by atoms with Crippen molar-refractivity contribution in [2.24, 2.45) is 0 Å². The van der Waals surface area contributed by atoms with Gasteiger partial charge in [-0.25, -0.2) is 9.31 Å². The van der Waals surface area contributed by atoms with E-state index < -0.39 is 17.2 Å². The number of H-pyrrole nitrogens is 1. The summed E-state index contributed by atoms with van der Waals surface area (Å²) in [4.78, 5) is 37.3. The normalized spacial score (nSPS) is 18.9. The summed E-state index contributed by atoms with van der Waals surface area (Å²) in [6, 6.07) is 13.5. The molecule has 0 spiro atoms. The van der Waals surface area contributed by atoms with Gasteiger partial charge in [0.1, 0.15) is 5.52 Å². The first-order valence-corrected chi connectivity index (χ1v) is 13.9. The number of amides is 2. The van der Waals surface area contributed by atoms with E-state index in [9.17, 15) is 14.7 Å². The fourth-order valence-corrected chi connectivity index (χ4v) is 6.29. The van der Waals surface area contributed by atoms with Crippen molar-refractivity contribution in [3.63, 3.8) is 0 Å². The van der Waals surface area contributed by atoms with E-state index in [1.165, 1.54) is 4.90 Å². The van der Waals surface area contributed by atoms with E-state index in [-0.39, 0.29) is 5.91 Å². The molecule has 4 heterocycles. The van der Waals surface area contributed by atoms with Crippen molar-refractivity contribution in [2.45, 2.75) is 51.6 Å². The number of hydrogen-bond acceptors (Lipinski definition) is 7. The van der Waals surface area contributed by atoms with Crippen LogP contribution in [0.1, 0.15) is 44.0 Å². The van der Waals surface area contributed by atoms with Crippen LogP contribution in [0.25, 0.3) is 5.52 Å². The molecular formula is C29H35N9O3. The number of anilines is 3. The summed E-state index contributed by atoms with van der Waals surface area (Å²) in [6.07, 6.45) is 1.85. The standard InChI is InChI=1S/C29H35N9O3/c1-19-18-23(33-32-19)30-24-22-10-7-13-37(22)34-26(31-24)36-16-14-35(15-17-36)25(39)29(38(27(40)41)28(2,3)4)12-11-20-8-5-6-9-21(20)29/h5-10,13,18H,11-12,14-17H2,1-4H3,(H,40,41)(H2,30,31,32,33,34). The maximum Gasteiger partial charge on any atom is 0.408 e. The van der Waals surface area contributed by atoms with Gasteiger partial charge in [-0.15, -0.1) is 5.10 Å². The second-order valence-corrected chi connectivity index (χ2v) is 11.7. The molecule has 3 aromatic heterocycles. The lowest BCUT2D eigenvalue weighted by Crippen LogP contribution is -2.65. The molecule has 12 nitrogen and oxygen atoms in total. The Bertz CT molecular complexity index is 1610. The van der Waals surface area contributed by atoms with Gasteiger partial charge in [0.05, 0.1) is 0 Å². The molecule has 1 aliphatic heterocycles. The van der Waals surface area contributed by atoms with E-state index in [1.807, 2.05) is 76.4 Å². The van der Waals surface area contributed by atoms with Crippen molar-refractivity contribution in [2.75, 3.05) is 36.4 Å². The predicted octanol–water partition coefficient (Wildman–Crippen LogP) is 3.77. The third kappa shape index (κ3) is 4.52. The number of aromatic nitrogens is 5. The Morgan fingerprint density at radius 3 is 2.54 bits per heavy atom. The second-order valence-electron chi connectivity index (χ2n) is 11.7. The van der Waals surface area contributed by atoms with Crippen molar-refractivity contribution < 1.29 is 14.7 Å². The van der Waals surface area contributed by atoms with Crippen molar-refractivity contribution in [3.05, 3.63) is 65.5 Å². The van der Waals surface area contributed by atoms with Gasteiger partial charge in [0, 0.05) is 49.7 Å². The molecule has 1 atom stereocenters. The van der Waals surface area contributed by atoms with Crippen LogP contribution in [0.15, 0.2) is 48.7 Å². The van der Waals surface area contributed by atoms with E-state index in [1.54, 1.807) is 9.42 Å². The highest BCUT2D eigenvalue weighted by Crippen LogP contribution is 2.46. The van der Waals surface area contributed by atoms with Crippen LogP contribution in [-0.4, -0.2) is 83.4 Å². The summed E-state index contributed by atoms with van der Waals surface area (Å²) in [5, 5.41) is 25.6. The Labute approximate surface area is 238 Å². The number of nitrogens with one attached hydrogen (secondary N) is 2. The van der Waals surface area contributed by atoms with Crippen LogP contribution in [-0.2, 0) is 16.8 Å². The molecule has 4 aromatic rings. The summed E-state index contributed by atoms with van der Waals surface area (Å²) < 4.78 is 1.78. The lowest BCUT2D eigenvalue weighted by molar-refractivity contribution is -0.148. The van der Waals surface area contributed by atoms with Crippen molar-refractivity contribution >= 4 is 35.1 Å². The van der Waals surface area contributed by atoms with Gasteiger partial charge < -0.3 is 20.2 Å². The first-order chi connectivity index (χ1) is 19.6. The molecule has 6 rings (SSSR count). The number of fused-ring (bicyclic) bond motifs is 2. The monoisotopic (exact) mass is 557 g/mol. The molecule has 214 valence electrons. The third-order valence-corrected chi connectivity index (χ3v) is 8.00. The smallest absolute Gasteiger partial charge is 0.408 e. The number of aryl methyl sites for hydroxylation is 2. The molecule has 2 amide bonds. The lowest BCUT2D eigenvalue weighted by atomic mass is 9.84. The lowest BCUT2D eigenvalue weighted by Gasteiger charge is -2.49. The molecular weight excluding hydrogens is 522 g/mol. The average molecular weight is 558 g/mol. The van der Waals surface area contributed by atoms with Gasteiger partial charge in [-0.3, -0.25) is 14.8 Å². The van der Waals surface area contributed by atoms with Crippen LogP contribution < -0.4 is 10.2 Å². The number of carbonyl (C=O) groups is 2. The Balaban J connectivity index is 1.27. The molecule has 0 radical (unpaired) electrons. The average Bonchev–Trinajstić information content (AvgIpc) is 3.67. The summed E-state index contributed by atoms with van der Waals surface area (Å²) in [6.45, 7) is 9.35. The number of carboxylic acid groups (broad SMARTS) is 1. The van der Waals surface area contributed by atoms with Gasteiger partial charge in [-0.2, -0.15) is 10.1 Å². The van der Waals surface area contributed by atoms with Crippen molar-refractivity contribution in [1.29, 1.82) is 0 Å². The fourth-order valence-electron chi connectivity index (χ4n) is 6.29. The SMILES string of the molecule is Cc1cc(Nc2nc(N3CCN(C(=O)C4(N(C(=O)O)C(C)(C)C)CCc5ccccc54)CC3)nn3cccc23)n[nH]1. The van der Waals surface area contributed by atoms with E-state index in [0.717, 1.165) is 22.3 Å². The van der Waals surface area contributed by atoms with Gasteiger partial charge in [0.15, 0.2) is 17.2 Å². The number of nitrogens with zero attached hydrogens (tertiary/aromatic N) is 7. The number of rotatable bonds is 5. The first-order valence-electron chi connectivity index (χ1n) is 13.9. The molecule has 1 saturated heterocycles. The summed E-state index contributed by atoms with van der Waals surface area (Å²) >= 11 is 0. The van der Waals surface area contributed by atoms with Crippen LogP contribution in [0.4, 0.5) is 22.4 Å². The Kier molecular flexibility index (Phi) is 6.35. The van der Waals surface area contributed by atoms with Crippen LogP contribution in [0, 0.1) is 6.92 Å². The van der Waals surface area contributed by atoms with Crippen LogP contribution in [0.3, 0.4) is 0 Å². The number of benzene rings is 1. The minimum atomic E-state index is -1.28. The maximum atomic E-state index is 14.5. The molecule has 12 heteroatoms. The zero-order chi connectivity index (χ0) is 28.9. The molecule has 1 aromatic carbocycles. The number of hydrogen-bond donors (Lipinski definition) is 3. The summed E-state index contributed by atoms with van der Waals surface area (Å²) in [5.41, 5.74) is 1.51. The molecule has 1 unspecified atom stereocenters. The molecule has 41 heavy (non-hydrogen) atoms. The zero-order valence-corrected chi connectivity index (χ0v) is 23.8. The molecule has 2 aliphatic rings. The quantitative estimate of drug-likeness (QED) is 0.338. The summed E-state index contributed by atoms with van der Waals surface area (Å²) in [7, 11) is 0. The van der Waals surface area contributed by atoms with Crippen LogP contribution >= 0.6 is 0 Å². The molecule has 1 aliphatic carbocycles. The number of carbonyl (C=O) groups excluding carboxylic acids is 1. The minimum absolute atomic E-state index is 0.169. The van der Waals surface area contributed by atoms with Gasteiger partial charge >= 0.3 is 6.09 Å². The van der Waals surface area contributed by atoms with Gasteiger partial charge in [-0.05, 0) is 63.8 Å². The zero-order valence-electron chi connectivity index (χ0n) is 23.8. The largest absolute Gasteiger partial charge is 0.465 e. The van der Waals surface area contributed by atoms with Crippen molar-refractivity contribution in [3.8, 4) is 0 Å². The van der Waals surface area contributed by atoms with E-state index in [2.05, 4.69) is 20.4 Å². The highest BCUT2D eigenvalue weighted by Gasteiger charge is 2.56. The van der Waals surface area contributed by atoms with Crippen LogP contribution in [0.2, 0.25) is 0 Å². The molecule has 0 bridgehead atoms. The third-order valence-electron chi connectivity index (χ3n) is 8.00. The minimum Gasteiger partial charge on any atom is -0.465 e. The van der Waals surface area contributed by atoms with E-state index >= 15 is 0 Å². The van der Waals surface area contributed by atoms with E-state index in [0.29, 0.717) is 56.6 Å². The van der Waals surface area contributed by atoms with Gasteiger partial charge in [0.2, 0.25) is 5.95 Å². The predicted molar refractivity (Wildman–Crippen MR) is 154 cm³/mol. The second kappa shape index (κ2) is 9.79. The summed E-state index contributed by atoms with van der Waals surface area (Å²) in [5.74, 6) is 1.67. The Morgan fingerprint density at radius 1 is 1.10 bits per heavy atom. The number of piperazine rings is 1. The molecule has 3 N–H and O–H groups in total. The number of aromatic amines is 1. The Morgan fingerprint density at radius 2 is 1.85 bits per heavy atom. The molecule has 0 saturated carbocycles. The van der Waals surface area contributed by atoms with Gasteiger partial charge in [-0.1, -0.05) is 24.3 Å². The van der Waals surface area contributed by atoms with E-state index in [4.69, 9.17) is 10.1 Å². The van der Waals surface area contributed by atoms with Crippen LogP contribution in [0.5, 0.6) is 0 Å². The highest BCUT2D eigenvalue weighted by atomic mass is 16.4. The highest BCUT2D eigenvalue weighted by molar-refractivity contribution is 5.93. The first kappa shape index (κ1) is 26.6. The Hall–Kier alpha value is -4.61. The van der Waals surface area contributed by atoms with Gasteiger partial charge in [0.25, 0.3) is 5.91 Å². The maximum absolute atomic E-state index is 14.5.